The van der Waals surface area contributed by atoms with E-state index in [1.165, 1.54) is 16.7 Å². The number of fused-ring (bicyclic) bond motifs is 1. The SMILES string of the molecule is CC1CC/C(=N\Nc2ccc(C(=O)O)cc2)c2ncc(C(=O)O)c(=O)n21. The van der Waals surface area contributed by atoms with Gasteiger partial charge in [0.1, 0.15) is 11.3 Å². The van der Waals surface area contributed by atoms with Crippen LogP contribution in [0.4, 0.5) is 5.69 Å². The lowest BCUT2D eigenvalue weighted by Crippen LogP contribution is -2.37. The van der Waals surface area contributed by atoms with E-state index in [4.69, 9.17) is 10.2 Å². The van der Waals surface area contributed by atoms with Crippen molar-refractivity contribution in [3.63, 3.8) is 0 Å². The summed E-state index contributed by atoms with van der Waals surface area (Å²) >= 11 is 0. The molecule has 1 aromatic heterocycles. The van der Waals surface area contributed by atoms with Gasteiger partial charge in [0.25, 0.3) is 5.56 Å². The summed E-state index contributed by atoms with van der Waals surface area (Å²) < 4.78 is 1.35. The summed E-state index contributed by atoms with van der Waals surface area (Å²) in [6.07, 6.45) is 2.24. The fourth-order valence-electron chi connectivity index (χ4n) is 2.75. The second-order valence-corrected chi connectivity index (χ2v) is 5.92. The van der Waals surface area contributed by atoms with Gasteiger partial charge in [-0.1, -0.05) is 0 Å². The molecule has 3 rings (SSSR count). The predicted molar refractivity (Wildman–Crippen MR) is 93.0 cm³/mol. The Hall–Kier alpha value is -3.49. The van der Waals surface area contributed by atoms with Gasteiger partial charge < -0.3 is 10.2 Å². The molecule has 0 aliphatic carbocycles. The number of carboxylic acid groups (broad SMARTS) is 2. The van der Waals surface area contributed by atoms with Crippen LogP contribution in [0.25, 0.3) is 0 Å². The number of carboxylic acids is 2. The van der Waals surface area contributed by atoms with Crippen LogP contribution in [0.15, 0.2) is 40.4 Å². The Morgan fingerprint density at radius 2 is 1.92 bits per heavy atom. The van der Waals surface area contributed by atoms with Crippen molar-refractivity contribution < 1.29 is 19.8 Å². The lowest BCUT2D eigenvalue weighted by Gasteiger charge is -2.25. The monoisotopic (exact) mass is 356 g/mol. The first-order valence-corrected chi connectivity index (χ1v) is 7.89. The summed E-state index contributed by atoms with van der Waals surface area (Å²) in [5.74, 6) is -2.00. The van der Waals surface area contributed by atoms with Crippen molar-refractivity contribution in [2.75, 3.05) is 5.43 Å². The van der Waals surface area contributed by atoms with Crippen LogP contribution in [0.5, 0.6) is 0 Å². The predicted octanol–water partition coefficient (Wildman–Crippen LogP) is 1.81. The number of rotatable bonds is 4. The molecule has 9 nitrogen and oxygen atoms in total. The average molecular weight is 356 g/mol. The molecule has 2 aromatic rings. The van der Waals surface area contributed by atoms with E-state index in [2.05, 4.69) is 15.5 Å². The van der Waals surface area contributed by atoms with E-state index >= 15 is 0 Å². The third kappa shape index (κ3) is 3.18. The Balaban J connectivity index is 1.93. The standard InChI is InChI=1S/C17H16N4O5/c1-9-2-7-13(14-18-8-12(17(25)26)15(22)21(9)14)20-19-11-5-3-10(4-6-11)16(23)24/h3-6,8-9,19H,2,7H2,1H3,(H,23,24)(H,25,26)/b20-13+. The molecule has 0 bridgehead atoms. The molecule has 0 radical (unpaired) electrons. The van der Waals surface area contributed by atoms with Crippen molar-refractivity contribution in [2.24, 2.45) is 5.10 Å². The molecule has 2 heterocycles. The minimum atomic E-state index is -1.31. The van der Waals surface area contributed by atoms with Crippen LogP contribution >= 0.6 is 0 Å². The van der Waals surface area contributed by atoms with Crippen LogP contribution in [0.3, 0.4) is 0 Å². The van der Waals surface area contributed by atoms with Gasteiger partial charge >= 0.3 is 11.9 Å². The van der Waals surface area contributed by atoms with Gasteiger partial charge in [-0.15, -0.1) is 0 Å². The van der Waals surface area contributed by atoms with Gasteiger partial charge in [0.15, 0.2) is 5.82 Å². The summed E-state index contributed by atoms with van der Waals surface area (Å²) in [5.41, 5.74) is 3.11. The number of hydrogen-bond acceptors (Lipinski definition) is 6. The average Bonchev–Trinajstić information content (AvgIpc) is 2.61. The van der Waals surface area contributed by atoms with E-state index in [0.717, 1.165) is 6.20 Å². The third-order valence-electron chi connectivity index (χ3n) is 4.17. The number of nitrogens with zero attached hydrogens (tertiary/aromatic N) is 3. The zero-order chi connectivity index (χ0) is 18.8. The highest BCUT2D eigenvalue weighted by Crippen LogP contribution is 2.22. The number of aromatic carboxylic acids is 2. The van der Waals surface area contributed by atoms with E-state index < -0.39 is 17.5 Å². The van der Waals surface area contributed by atoms with Gasteiger partial charge in [-0.25, -0.2) is 14.6 Å². The smallest absolute Gasteiger partial charge is 0.342 e. The van der Waals surface area contributed by atoms with Crippen molar-refractivity contribution in [3.05, 3.63) is 57.8 Å². The second-order valence-electron chi connectivity index (χ2n) is 5.92. The first kappa shape index (κ1) is 17.3. The molecule has 1 aliphatic rings. The molecule has 26 heavy (non-hydrogen) atoms. The number of hydrogen-bond donors (Lipinski definition) is 3. The fourth-order valence-corrected chi connectivity index (χ4v) is 2.75. The van der Waals surface area contributed by atoms with Crippen molar-refractivity contribution in [3.8, 4) is 0 Å². The Kier molecular flexibility index (Phi) is 4.53. The summed E-state index contributed by atoms with van der Waals surface area (Å²) in [6.45, 7) is 1.83. The quantitative estimate of drug-likeness (QED) is 0.711. The van der Waals surface area contributed by atoms with E-state index in [-0.39, 0.29) is 17.2 Å². The molecule has 1 unspecified atom stereocenters. The second kappa shape index (κ2) is 6.79. The Labute approximate surface area is 147 Å². The molecule has 0 fully saturated rings. The molecule has 0 saturated heterocycles. The maximum absolute atomic E-state index is 12.4. The number of benzene rings is 1. The van der Waals surface area contributed by atoms with Gasteiger partial charge in [0, 0.05) is 12.2 Å². The minimum Gasteiger partial charge on any atom is -0.478 e. The molecule has 3 N–H and O–H groups in total. The number of nitrogens with one attached hydrogen (secondary N) is 1. The van der Waals surface area contributed by atoms with Crippen LogP contribution in [0.1, 0.15) is 52.3 Å². The van der Waals surface area contributed by atoms with Gasteiger partial charge in [-0.2, -0.15) is 5.10 Å². The van der Waals surface area contributed by atoms with Crippen molar-refractivity contribution in [2.45, 2.75) is 25.8 Å². The molecule has 1 aliphatic heterocycles. The largest absolute Gasteiger partial charge is 0.478 e. The molecular formula is C17H16N4O5. The Bertz CT molecular complexity index is 962. The molecule has 0 amide bonds. The third-order valence-corrected chi connectivity index (χ3v) is 4.17. The van der Waals surface area contributed by atoms with Crippen molar-refractivity contribution >= 4 is 23.3 Å². The van der Waals surface area contributed by atoms with Gasteiger partial charge in [-0.3, -0.25) is 14.8 Å². The summed E-state index contributed by atoms with van der Waals surface area (Å²) in [7, 11) is 0. The van der Waals surface area contributed by atoms with Crippen LogP contribution < -0.4 is 11.0 Å². The number of carbonyl (C=O) groups is 2. The summed E-state index contributed by atoms with van der Waals surface area (Å²) in [4.78, 5) is 38.5. The summed E-state index contributed by atoms with van der Waals surface area (Å²) in [5, 5.41) is 22.3. The molecule has 1 aromatic carbocycles. The zero-order valence-corrected chi connectivity index (χ0v) is 13.8. The minimum absolute atomic E-state index is 0.162. The number of hydrazone groups is 1. The fraction of sp³-hybridized carbons (Fsp3) is 0.235. The molecule has 134 valence electrons. The highest BCUT2D eigenvalue weighted by atomic mass is 16.4. The van der Waals surface area contributed by atoms with E-state index in [0.29, 0.717) is 30.1 Å². The molecule has 1 atom stereocenters. The molecule has 0 saturated carbocycles. The van der Waals surface area contributed by atoms with Crippen LogP contribution in [-0.2, 0) is 0 Å². The maximum atomic E-state index is 12.4. The lowest BCUT2D eigenvalue weighted by atomic mass is 10.0. The normalized spacial score (nSPS) is 17.6. The zero-order valence-electron chi connectivity index (χ0n) is 13.8. The maximum Gasteiger partial charge on any atom is 0.342 e. The number of aromatic nitrogens is 2. The van der Waals surface area contributed by atoms with Gasteiger partial charge in [-0.05, 0) is 44.0 Å². The first-order chi connectivity index (χ1) is 12.4. The molecular weight excluding hydrogens is 340 g/mol. The van der Waals surface area contributed by atoms with Gasteiger partial charge in [0.05, 0.1) is 11.3 Å². The van der Waals surface area contributed by atoms with E-state index in [1.54, 1.807) is 12.1 Å². The Morgan fingerprint density at radius 3 is 2.54 bits per heavy atom. The van der Waals surface area contributed by atoms with Crippen LogP contribution in [0, 0.1) is 0 Å². The number of anilines is 1. The highest BCUT2D eigenvalue weighted by Gasteiger charge is 2.26. The van der Waals surface area contributed by atoms with E-state index in [1.807, 2.05) is 6.92 Å². The van der Waals surface area contributed by atoms with E-state index in [9.17, 15) is 14.4 Å². The highest BCUT2D eigenvalue weighted by molar-refractivity contribution is 5.99. The molecule has 0 spiro atoms. The Morgan fingerprint density at radius 1 is 1.23 bits per heavy atom. The van der Waals surface area contributed by atoms with Crippen molar-refractivity contribution in [1.82, 2.24) is 9.55 Å². The summed E-state index contributed by atoms with van der Waals surface area (Å²) in [6, 6.07) is 5.87. The lowest BCUT2D eigenvalue weighted by molar-refractivity contribution is 0.0684. The van der Waals surface area contributed by atoms with Crippen LogP contribution in [0.2, 0.25) is 0 Å². The topological polar surface area (TPSA) is 134 Å². The first-order valence-electron chi connectivity index (χ1n) is 7.89. The van der Waals surface area contributed by atoms with Crippen molar-refractivity contribution in [1.29, 1.82) is 0 Å². The van der Waals surface area contributed by atoms with Gasteiger partial charge in [0.2, 0.25) is 0 Å². The molecule has 9 heteroatoms. The van der Waals surface area contributed by atoms with Crippen LogP contribution in [-0.4, -0.2) is 37.4 Å².